The molecule has 9 rings (SSSR count). The number of piperidine rings is 3. The Morgan fingerprint density at radius 3 is 2.43 bits per heavy atom. The molecule has 0 bridgehead atoms. The summed E-state index contributed by atoms with van der Waals surface area (Å²) in [7, 11) is 1.53. The normalized spacial score (nSPS) is 19.0. The zero-order valence-corrected chi connectivity index (χ0v) is 33.4. The Labute approximate surface area is 347 Å². The lowest BCUT2D eigenvalue weighted by Gasteiger charge is -2.40. The van der Waals surface area contributed by atoms with Crippen molar-refractivity contribution < 1.29 is 28.7 Å². The molecule has 15 nitrogen and oxygen atoms in total. The first-order chi connectivity index (χ1) is 29.2. The molecule has 6 heterocycles. The smallest absolute Gasteiger partial charge is 0.276 e. The van der Waals surface area contributed by atoms with Crippen molar-refractivity contribution >= 4 is 46.6 Å². The first-order valence-corrected chi connectivity index (χ1v) is 20.7. The van der Waals surface area contributed by atoms with E-state index in [1.54, 1.807) is 35.1 Å². The molecule has 60 heavy (non-hydrogen) atoms. The van der Waals surface area contributed by atoms with Crippen molar-refractivity contribution in [1.82, 2.24) is 35.0 Å². The molecule has 1 atom stereocenters. The second-order valence-electron chi connectivity index (χ2n) is 16.1. The van der Waals surface area contributed by atoms with E-state index in [0.717, 1.165) is 80.8 Å². The second-order valence-corrected chi connectivity index (χ2v) is 16.1. The number of methoxy groups -OCH3 is 1. The van der Waals surface area contributed by atoms with Crippen LogP contribution in [0.15, 0.2) is 85.2 Å². The van der Waals surface area contributed by atoms with E-state index in [1.807, 2.05) is 59.5 Å². The van der Waals surface area contributed by atoms with Crippen LogP contribution in [0, 0.1) is 5.92 Å². The summed E-state index contributed by atoms with van der Waals surface area (Å²) >= 11 is 0. The van der Waals surface area contributed by atoms with Gasteiger partial charge in [-0.15, -0.1) is 0 Å². The van der Waals surface area contributed by atoms with Gasteiger partial charge < -0.3 is 30.1 Å². The van der Waals surface area contributed by atoms with Crippen molar-refractivity contribution in [2.45, 2.75) is 57.2 Å². The first-order valence-electron chi connectivity index (χ1n) is 20.7. The highest BCUT2D eigenvalue weighted by Gasteiger charge is 2.36. The largest absolute Gasteiger partial charge is 0.496 e. The lowest BCUT2D eigenvalue weighted by atomic mass is 9.94. The van der Waals surface area contributed by atoms with Gasteiger partial charge in [0.05, 0.1) is 12.7 Å². The van der Waals surface area contributed by atoms with Gasteiger partial charge >= 0.3 is 0 Å². The van der Waals surface area contributed by atoms with E-state index < -0.39 is 17.9 Å². The number of anilines is 2. The number of fused-ring (bicyclic) bond motifs is 2. The molecule has 3 saturated heterocycles. The SMILES string of the molecule is COc1cc(N2CCC(CN3CCC(N4Cc5cc(NC(=O)c6ccc7nccn7n6)c(-c6ccccc6)cc5C4=O)CC3)CC2)ccc1C(=O)NC1CCC(=O)NC1=O. The number of hydrogen-bond acceptors (Lipinski definition) is 10. The third-order valence-corrected chi connectivity index (χ3v) is 12.4. The standard InChI is InChI=1S/C45H47N9O6/c1-60-39-24-32(7-8-33(39)42(56)47-36-10-12-41(55)49-43(36)57)52-20-13-28(14-21-52)26-51-18-15-31(16-19-51)53-27-30-23-38(34(25-35(30)45(53)59)29-5-3-2-4-6-29)48-44(58)37-9-11-40-46-17-22-54(40)50-37/h2-9,11,17,22-25,28,31,36H,10,12-16,18-21,26-27H2,1H3,(H,47,56)(H,48,58)(H,49,55,57). The van der Waals surface area contributed by atoms with Gasteiger partial charge in [0.25, 0.3) is 17.7 Å². The van der Waals surface area contributed by atoms with Crippen molar-refractivity contribution in [2.75, 3.05) is 50.1 Å². The second kappa shape index (κ2) is 16.6. The van der Waals surface area contributed by atoms with Gasteiger partial charge in [-0.25, -0.2) is 9.50 Å². The summed E-state index contributed by atoms with van der Waals surface area (Å²) in [6.07, 6.45) is 7.67. The molecule has 0 aliphatic carbocycles. The van der Waals surface area contributed by atoms with Crippen LogP contribution in [0.3, 0.4) is 0 Å². The van der Waals surface area contributed by atoms with E-state index in [2.05, 4.69) is 35.8 Å². The molecule has 2 aromatic heterocycles. The summed E-state index contributed by atoms with van der Waals surface area (Å²) in [6, 6.07) is 22.0. The van der Waals surface area contributed by atoms with E-state index >= 15 is 0 Å². The number of carbonyl (C=O) groups is 5. The van der Waals surface area contributed by atoms with E-state index in [0.29, 0.717) is 40.7 Å². The molecule has 5 amide bonds. The summed E-state index contributed by atoms with van der Waals surface area (Å²) in [5, 5.41) is 12.5. The van der Waals surface area contributed by atoms with Crippen LogP contribution in [0.25, 0.3) is 16.8 Å². The Morgan fingerprint density at radius 2 is 1.67 bits per heavy atom. The highest BCUT2D eigenvalue weighted by Crippen LogP contribution is 2.37. The van der Waals surface area contributed by atoms with Gasteiger partial charge in [-0.2, -0.15) is 5.10 Å². The predicted octanol–water partition coefficient (Wildman–Crippen LogP) is 4.53. The number of hydrogen-bond donors (Lipinski definition) is 3. The van der Waals surface area contributed by atoms with Crippen LogP contribution >= 0.6 is 0 Å². The molecule has 308 valence electrons. The van der Waals surface area contributed by atoms with E-state index in [4.69, 9.17) is 4.74 Å². The molecule has 1 unspecified atom stereocenters. The van der Waals surface area contributed by atoms with Gasteiger partial charge in [-0.3, -0.25) is 29.3 Å². The molecule has 3 N–H and O–H groups in total. The lowest BCUT2D eigenvalue weighted by molar-refractivity contribution is -0.134. The molecule has 0 spiro atoms. The number of benzene rings is 3. The van der Waals surface area contributed by atoms with Crippen LogP contribution in [0.4, 0.5) is 11.4 Å². The summed E-state index contributed by atoms with van der Waals surface area (Å²) in [6.45, 7) is 5.14. The molecule has 15 heteroatoms. The maximum absolute atomic E-state index is 14.0. The Balaban J connectivity index is 0.791. The Hall–Kier alpha value is -6.61. The number of nitrogens with one attached hydrogen (secondary N) is 3. The minimum absolute atomic E-state index is 0.0395. The van der Waals surface area contributed by atoms with Gasteiger partial charge in [0.1, 0.15) is 17.5 Å². The molecule has 4 aliphatic heterocycles. The van der Waals surface area contributed by atoms with Gasteiger partial charge in [0.15, 0.2) is 5.65 Å². The number of amides is 5. The monoisotopic (exact) mass is 809 g/mol. The fourth-order valence-electron chi connectivity index (χ4n) is 9.05. The van der Waals surface area contributed by atoms with Crippen LogP contribution in [0.2, 0.25) is 0 Å². The van der Waals surface area contributed by atoms with E-state index in [1.165, 1.54) is 7.11 Å². The molecule has 0 radical (unpaired) electrons. The van der Waals surface area contributed by atoms with Crippen LogP contribution in [-0.4, -0.2) is 106 Å². The van der Waals surface area contributed by atoms with Gasteiger partial charge in [-0.1, -0.05) is 30.3 Å². The minimum atomic E-state index is -0.761. The number of likely N-dealkylation sites (tertiary alicyclic amines) is 1. The molecule has 3 fully saturated rings. The quantitative estimate of drug-likeness (QED) is 0.171. The lowest BCUT2D eigenvalue weighted by Crippen LogP contribution is -2.52. The minimum Gasteiger partial charge on any atom is -0.496 e. The van der Waals surface area contributed by atoms with Crippen molar-refractivity contribution in [1.29, 1.82) is 0 Å². The molecular formula is C45H47N9O6. The maximum atomic E-state index is 14.0. The van der Waals surface area contributed by atoms with Crippen LogP contribution < -0.4 is 25.6 Å². The van der Waals surface area contributed by atoms with Gasteiger partial charge in [-0.05, 0) is 85.5 Å². The summed E-state index contributed by atoms with van der Waals surface area (Å²) in [5.74, 6) is -0.556. The zero-order valence-electron chi connectivity index (χ0n) is 33.4. The molecule has 5 aromatic rings. The number of imide groups is 1. The fraction of sp³-hybridized carbons (Fsp3) is 0.356. The average Bonchev–Trinajstić information content (AvgIpc) is 3.88. The topological polar surface area (TPSA) is 171 Å². The van der Waals surface area contributed by atoms with E-state index in [-0.39, 0.29) is 42.3 Å². The number of rotatable bonds is 10. The summed E-state index contributed by atoms with van der Waals surface area (Å²) < 4.78 is 7.17. The fourth-order valence-corrected chi connectivity index (χ4v) is 9.05. The molecular weight excluding hydrogens is 763 g/mol. The van der Waals surface area contributed by atoms with Crippen molar-refractivity contribution in [3.05, 3.63) is 108 Å². The average molecular weight is 810 g/mol. The number of aromatic nitrogens is 3. The highest BCUT2D eigenvalue weighted by atomic mass is 16.5. The molecule has 4 aliphatic rings. The Bertz CT molecular complexity index is 2470. The zero-order chi connectivity index (χ0) is 41.3. The summed E-state index contributed by atoms with van der Waals surface area (Å²) in [4.78, 5) is 75.4. The van der Waals surface area contributed by atoms with Crippen LogP contribution in [0.5, 0.6) is 5.75 Å². The number of nitrogens with zero attached hydrogens (tertiary/aromatic N) is 6. The Morgan fingerprint density at radius 1 is 0.867 bits per heavy atom. The van der Waals surface area contributed by atoms with Crippen molar-refractivity contribution in [3.8, 4) is 16.9 Å². The van der Waals surface area contributed by atoms with Crippen molar-refractivity contribution in [2.24, 2.45) is 5.92 Å². The molecule has 0 saturated carbocycles. The molecule has 3 aromatic carbocycles. The van der Waals surface area contributed by atoms with E-state index in [9.17, 15) is 24.0 Å². The number of ether oxygens (including phenoxy) is 1. The predicted molar refractivity (Wildman–Crippen MR) is 224 cm³/mol. The van der Waals surface area contributed by atoms with Gasteiger partial charge in [0, 0.05) is 92.7 Å². The van der Waals surface area contributed by atoms with Crippen LogP contribution in [0.1, 0.15) is 75.3 Å². The highest BCUT2D eigenvalue weighted by molar-refractivity contribution is 6.08. The Kier molecular flexibility index (Phi) is 10.7. The third kappa shape index (κ3) is 7.92. The first kappa shape index (κ1) is 38.9. The van der Waals surface area contributed by atoms with Crippen LogP contribution in [-0.2, 0) is 16.1 Å². The van der Waals surface area contributed by atoms with Gasteiger partial charge in [0.2, 0.25) is 11.8 Å². The van der Waals surface area contributed by atoms with Crippen molar-refractivity contribution in [3.63, 3.8) is 0 Å². The number of imidazole rings is 1. The summed E-state index contributed by atoms with van der Waals surface area (Å²) in [5.41, 5.74) is 6.16. The maximum Gasteiger partial charge on any atom is 0.276 e. The number of carbonyl (C=O) groups excluding carboxylic acids is 5. The third-order valence-electron chi connectivity index (χ3n) is 12.4.